The Kier molecular flexibility index (Phi) is 6.41. The van der Waals surface area contributed by atoms with Gasteiger partial charge in [-0.15, -0.1) is 0 Å². The summed E-state index contributed by atoms with van der Waals surface area (Å²) >= 11 is 0. The minimum Gasteiger partial charge on any atom is -0.305 e. The molecule has 1 N–H and O–H groups in total. The Hall–Kier alpha value is -2.62. The second kappa shape index (κ2) is 9.09. The first kappa shape index (κ1) is 22.6. The summed E-state index contributed by atoms with van der Waals surface area (Å²) in [7, 11) is -3.38. The molecule has 172 valence electrons. The van der Waals surface area contributed by atoms with Crippen LogP contribution in [0.5, 0.6) is 0 Å². The summed E-state index contributed by atoms with van der Waals surface area (Å²) in [6.07, 6.45) is 1.12. The molecule has 0 radical (unpaired) electrons. The van der Waals surface area contributed by atoms with E-state index >= 15 is 0 Å². The van der Waals surface area contributed by atoms with Crippen molar-refractivity contribution in [3.8, 4) is 0 Å². The maximum absolute atomic E-state index is 13.7. The van der Waals surface area contributed by atoms with Crippen LogP contribution in [0, 0.1) is 5.92 Å². The van der Waals surface area contributed by atoms with Crippen LogP contribution in [0.3, 0.4) is 0 Å². The summed E-state index contributed by atoms with van der Waals surface area (Å²) in [5.74, 6) is -0.814. The van der Waals surface area contributed by atoms with Crippen molar-refractivity contribution in [2.45, 2.75) is 54.7 Å². The third-order valence-corrected chi connectivity index (χ3v) is 8.03. The van der Waals surface area contributed by atoms with Gasteiger partial charge < -0.3 is 5.32 Å². The van der Waals surface area contributed by atoms with Crippen LogP contribution in [-0.2, 0) is 21.2 Å². The highest BCUT2D eigenvalue weighted by molar-refractivity contribution is 7.92. The quantitative estimate of drug-likeness (QED) is 0.597. The zero-order valence-electron chi connectivity index (χ0n) is 17.3. The largest absolute Gasteiger partial charge is 0.305 e. The van der Waals surface area contributed by atoms with Gasteiger partial charge in [0.05, 0.1) is 16.7 Å². The lowest BCUT2D eigenvalue weighted by atomic mass is 9.98. The van der Waals surface area contributed by atoms with E-state index in [2.05, 4.69) is 10.4 Å². The van der Waals surface area contributed by atoms with E-state index < -0.39 is 40.7 Å². The van der Waals surface area contributed by atoms with Crippen LogP contribution < -0.4 is 5.32 Å². The van der Waals surface area contributed by atoms with Gasteiger partial charge in [-0.05, 0) is 49.3 Å². The van der Waals surface area contributed by atoms with Gasteiger partial charge in [-0.1, -0.05) is 18.2 Å². The summed E-state index contributed by atoms with van der Waals surface area (Å²) in [5, 5.41) is 6.33. The molecule has 0 spiro atoms. The number of carbonyl (C=O) groups is 1. The van der Waals surface area contributed by atoms with E-state index in [4.69, 9.17) is 0 Å². The Morgan fingerprint density at radius 1 is 1.12 bits per heavy atom. The monoisotopic (exact) mass is 467 g/mol. The topological polar surface area (TPSA) is 81.1 Å². The van der Waals surface area contributed by atoms with Gasteiger partial charge >= 0.3 is 0 Å². The third kappa shape index (κ3) is 4.90. The van der Waals surface area contributed by atoms with Gasteiger partial charge in [0, 0.05) is 17.8 Å². The Labute approximate surface area is 184 Å². The zero-order chi connectivity index (χ0) is 22.9. The molecule has 10 heteroatoms. The fraction of sp³-hybridized carbons (Fsp3) is 0.455. The molecule has 1 aromatic carbocycles. The molecular formula is C22H24F3N3O3S. The molecule has 1 aromatic heterocycles. The van der Waals surface area contributed by atoms with Crippen LogP contribution >= 0.6 is 0 Å². The van der Waals surface area contributed by atoms with Crippen molar-refractivity contribution in [3.05, 3.63) is 48.2 Å². The fourth-order valence-corrected chi connectivity index (χ4v) is 5.52. The second-order valence-corrected chi connectivity index (χ2v) is 10.4. The minimum absolute atomic E-state index is 0.0305. The van der Waals surface area contributed by atoms with Crippen molar-refractivity contribution in [2.24, 2.45) is 5.92 Å². The number of sulfone groups is 1. The number of allylic oxidation sites excluding steroid dienone is 1. The first-order valence-corrected chi connectivity index (χ1v) is 12.1. The van der Waals surface area contributed by atoms with Crippen molar-refractivity contribution < 1.29 is 26.4 Å². The van der Waals surface area contributed by atoms with E-state index in [1.807, 2.05) is 0 Å². The predicted octanol–water partition coefficient (Wildman–Crippen LogP) is 3.90. The fourth-order valence-electron chi connectivity index (χ4n) is 3.86. The number of aryl methyl sites for hydroxylation is 1. The molecule has 6 nitrogen and oxygen atoms in total. The molecule has 0 unspecified atom stereocenters. The van der Waals surface area contributed by atoms with Gasteiger partial charge in [-0.25, -0.2) is 21.6 Å². The summed E-state index contributed by atoms with van der Waals surface area (Å²) in [6.45, 7) is -0.555. The number of hydrogen-bond acceptors (Lipinski definition) is 4. The van der Waals surface area contributed by atoms with E-state index in [0.717, 1.165) is 0 Å². The Balaban J connectivity index is 1.60. The lowest BCUT2D eigenvalue weighted by molar-refractivity contribution is -0.111. The first-order chi connectivity index (χ1) is 15.3. The number of carbonyl (C=O) groups excluding carboxylic acids is 1. The molecule has 1 amide bonds. The molecule has 4 rings (SSSR count). The smallest absolute Gasteiger partial charge is 0.257 e. The van der Waals surface area contributed by atoms with Gasteiger partial charge in [0.15, 0.2) is 15.7 Å². The van der Waals surface area contributed by atoms with E-state index in [-0.39, 0.29) is 40.9 Å². The van der Waals surface area contributed by atoms with Crippen LogP contribution in [0.15, 0.2) is 47.5 Å². The van der Waals surface area contributed by atoms with Gasteiger partial charge in [0.25, 0.3) is 5.91 Å². The standard InChI is InChI=1S/C22H24F3N3O3S/c23-8-10-28-9-7-21(27-28)26-22(29)18(11-14-12-19(24)20(25)13-14)15-1-3-16(4-2-15)32(30,31)17-5-6-17/h1-4,7,9,11,14,17,19-20H,5-6,8,10,12-13H2,(H,26,27,29)/b18-11+/t14-,19+,20-. The zero-order valence-corrected chi connectivity index (χ0v) is 18.1. The average Bonchev–Trinajstić information content (AvgIpc) is 3.47. The van der Waals surface area contributed by atoms with Crippen LogP contribution in [0.4, 0.5) is 19.0 Å². The van der Waals surface area contributed by atoms with E-state index in [1.54, 1.807) is 0 Å². The van der Waals surface area contributed by atoms with Gasteiger partial charge in [-0.3, -0.25) is 9.48 Å². The SMILES string of the molecule is O=C(Nc1ccn(CCF)n1)/C(=C/[C@H]1C[C@@H](F)[C@@H](F)C1)c1ccc(S(=O)(=O)C2CC2)cc1. The molecule has 2 aliphatic carbocycles. The van der Waals surface area contributed by atoms with E-state index in [1.165, 1.54) is 47.3 Å². The number of aromatic nitrogens is 2. The van der Waals surface area contributed by atoms with Gasteiger partial charge in [0.1, 0.15) is 19.0 Å². The van der Waals surface area contributed by atoms with E-state index in [9.17, 15) is 26.4 Å². The number of rotatable bonds is 8. The van der Waals surface area contributed by atoms with Crippen molar-refractivity contribution in [1.29, 1.82) is 0 Å². The summed E-state index contributed by atoms with van der Waals surface area (Å²) in [6, 6.07) is 7.46. The molecular weight excluding hydrogens is 443 g/mol. The molecule has 32 heavy (non-hydrogen) atoms. The number of benzene rings is 1. The number of hydrogen-bond donors (Lipinski definition) is 1. The van der Waals surface area contributed by atoms with Crippen molar-refractivity contribution in [3.63, 3.8) is 0 Å². The average molecular weight is 468 g/mol. The summed E-state index contributed by atoms with van der Waals surface area (Å²) in [4.78, 5) is 13.2. The molecule has 2 fully saturated rings. The minimum atomic E-state index is -3.38. The summed E-state index contributed by atoms with van der Waals surface area (Å²) < 4.78 is 66.1. The predicted molar refractivity (Wildman–Crippen MR) is 114 cm³/mol. The lowest BCUT2D eigenvalue weighted by Gasteiger charge is -2.12. The van der Waals surface area contributed by atoms with Crippen LogP contribution in [0.25, 0.3) is 5.57 Å². The number of nitrogens with one attached hydrogen (secondary N) is 1. The molecule has 1 heterocycles. The molecule has 0 bridgehead atoms. The highest BCUT2D eigenvalue weighted by Gasteiger charge is 2.37. The highest BCUT2D eigenvalue weighted by Crippen LogP contribution is 2.36. The molecule has 0 aliphatic heterocycles. The first-order valence-electron chi connectivity index (χ1n) is 10.5. The molecule has 3 atom stereocenters. The molecule has 0 saturated heterocycles. The number of alkyl halides is 3. The summed E-state index contributed by atoms with van der Waals surface area (Å²) in [5.41, 5.74) is 0.602. The molecule has 2 aromatic rings. The number of amides is 1. The number of halogens is 3. The second-order valence-electron chi connectivity index (χ2n) is 8.22. The Morgan fingerprint density at radius 2 is 1.78 bits per heavy atom. The van der Waals surface area contributed by atoms with Crippen molar-refractivity contribution >= 4 is 27.1 Å². The molecule has 2 aliphatic rings. The maximum Gasteiger partial charge on any atom is 0.257 e. The van der Waals surface area contributed by atoms with Crippen LogP contribution in [0.2, 0.25) is 0 Å². The van der Waals surface area contributed by atoms with Crippen LogP contribution in [-0.4, -0.2) is 48.4 Å². The Bertz CT molecular complexity index is 1100. The maximum atomic E-state index is 13.7. The molecule has 2 saturated carbocycles. The number of anilines is 1. The third-order valence-electron chi connectivity index (χ3n) is 5.75. The van der Waals surface area contributed by atoms with Crippen molar-refractivity contribution in [2.75, 3.05) is 12.0 Å². The van der Waals surface area contributed by atoms with Gasteiger partial charge in [-0.2, -0.15) is 5.10 Å². The Morgan fingerprint density at radius 3 is 2.38 bits per heavy atom. The van der Waals surface area contributed by atoms with Crippen LogP contribution in [0.1, 0.15) is 31.2 Å². The highest BCUT2D eigenvalue weighted by atomic mass is 32.2. The normalized spacial score (nSPS) is 24.0. The van der Waals surface area contributed by atoms with Crippen molar-refractivity contribution in [1.82, 2.24) is 9.78 Å². The lowest BCUT2D eigenvalue weighted by Crippen LogP contribution is -2.16. The number of nitrogens with zero attached hydrogens (tertiary/aromatic N) is 2. The van der Waals surface area contributed by atoms with Gasteiger partial charge in [0.2, 0.25) is 0 Å². The van der Waals surface area contributed by atoms with E-state index in [0.29, 0.717) is 18.4 Å².